The van der Waals surface area contributed by atoms with Crippen LogP contribution in [0.2, 0.25) is 0 Å². The fourth-order valence-electron chi connectivity index (χ4n) is 4.43. The lowest BCUT2D eigenvalue weighted by Gasteiger charge is -2.34. The van der Waals surface area contributed by atoms with Gasteiger partial charge in [-0.2, -0.15) is 0 Å². The van der Waals surface area contributed by atoms with Crippen LogP contribution in [-0.4, -0.2) is 50.2 Å². The summed E-state index contributed by atoms with van der Waals surface area (Å²) in [5, 5.41) is 2.53. The second kappa shape index (κ2) is 7.51. The maximum Gasteiger partial charge on any atom is 0.325 e. The van der Waals surface area contributed by atoms with Gasteiger partial charge in [0, 0.05) is 19.9 Å². The van der Waals surface area contributed by atoms with Crippen molar-refractivity contribution in [2.24, 2.45) is 7.05 Å². The summed E-state index contributed by atoms with van der Waals surface area (Å²) in [4.78, 5) is 46.8. The van der Waals surface area contributed by atoms with Crippen molar-refractivity contribution in [1.29, 1.82) is 0 Å². The van der Waals surface area contributed by atoms with Crippen LogP contribution in [-0.2, 0) is 11.8 Å². The van der Waals surface area contributed by atoms with Crippen LogP contribution in [0.25, 0.3) is 16.1 Å². The van der Waals surface area contributed by atoms with E-state index >= 15 is 0 Å². The lowest BCUT2D eigenvalue weighted by molar-refractivity contribution is -0.135. The van der Waals surface area contributed by atoms with Crippen molar-refractivity contribution in [3.63, 3.8) is 0 Å². The minimum atomic E-state index is -2.86. The number of aryl methyl sites for hydroxylation is 1. The van der Waals surface area contributed by atoms with E-state index in [0.717, 1.165) is 4.90 Å². The molecule has 0 radical (unpaired) electrons. The molecule has 3 amide bonds. The number of alkyl halides is 2. The van der Waals surface area contributed by atoms with Gasteiger partial charge in [0.05, 0.1) is 24.5 Å². The molecule has 8 nitrogen and oxygen atoms in total. The van der Waals surface area contributed by atoms with Gasteiger partial charge in [-0.3, -0.25) is 14.5 Å². The van der Waals surface area contributed by atoms with E-state index in [1.54, 1.807) is 42.8 Å². The van der Waals surface area contributed by atoms with Crippen LogP contribution < -0.4 is 5.32 Å². The number of hydrogen-bond donors (Lipinski definition) is 1. The highest BCUT2D eigenvalue weighted by atomic mass is 19.3. The molecular formula is C22H21F2N5O3. The van der Waals surface area contributed by atoms with Gasteiger partial charge in [0.25, 0.3) is 5.91 Å². The average molecular weight is 441 g/mol. The Labute approximate surface area is 183 Å². The van der Waals surface area contributed by atoms with E-state index in [0.29, 0.717) is 22.6 Å². The highest BCUT2D eigenvalue weighted by Gasteiger charge is 2.55. The second-order valence-corrected chi connectivity index (χ2v) is 8.27. The van der Waals surface area contributed by atoms with Crippen LogP contribution in [0.4, 0.5) is 19.3 Å². The Hall–Kier alpha value is -3.61. The van der Waals surface area contributed by atoms with Gasteiger partial charge < -0.3 is 9.88 Å². The summed E-state index contributed by atoms with van der Waals surface area (Å²) in [6.45, 7) is 8.37. The summed E-state index contributed by atoms with van der Waals surface area (Å²) in [5.74, 6) is -4.00. The Balaban J connectivity index is 1.57. The quantitative estimate of drug-likeness (QED) is 0.446. The molecule has 1 spiro atoms. The molecule has 0 unspecified atom stereocenters. The maximum atomic E-state index is 13.5. The minimum absolute atomic E-state index is 0.0578. The van der Waals surface area contributed by atoms with E-state index in [-0.39, 0.29) is 18.7 Å². The minimum Gasteiger partial charge on any atom is -0.324 e. The van der Waals surface area contributed by atoms with Crippen molar-refractivity contribution in [3.8, 4) is 11.3 Å². The zero-order valence-corrected chi connectivity index (χ0v) is 17.6. The molecule has 1 aliphatic heterocycles. The molecule has 2 heterocycles. The highest BCUT2D eigenvalue weighted by molar-refractivity contribution is 6.10. The van der Waals surface area contributed by atoms with Crippen molar-refractivity contribution in [2.45, 2.75) is 44.1 Å². The number of halogens is 2. The fourth-order valence-corrected chi connectivity index (χ4v) is 4.43. The van der Waals surface area contributed by atoms with Gasteiger partial charge in [-0.1, -0.05) is 18.2 Å². The highest BCUT2D eigenvalue weighted by Crippen LogP contribution is 2.41. The number of imidazole rings is 1. The molecule has 10 heteroatoms. The largest absolute Gasteiger partial charge is 0.325 e. The number of rotatable bonds is 4. The van der Waals surface area contributed by atoms with Gasteiger partial charge in [0.1, 0.15) is 5.54 Å². The van der Waals surface area contributed by atoms with Gasteiger partial charge in [0.2, 0.25) is 11.7 Å². The molecule has 2 aromatic rings. The van der Waals surface area contributed by atoms with E-state index < -0.39 is 48.6 Å². The first-order valence-corrected chi connectivity index (χ1v) is 10.1. The molecule has 2 fully saturated rings. The van der Waals surface area contributed by atoms with Crippen molar-refractivity contribution in [1.82, 2.24) is 19.8 Å². The lowest BCUT2D eigenvalue weighted by Crippen LogP contribution is -2.51. The Morgan fingerprint density at radius 2 is 1.94 bits per heavy atom. The van der Waals surface area contributed by atoms with E-state index in [1.165, 1.54) is 0 Å². The smallest absolute Gasteiger partial charge is 0.324 e. The molecule has 32 heavy (non-hydrogen) atoms. The summed E-state index contributed by atoms with van der Waals surface area (Å²) in [5.41, 5.74) is 0.978. The van der Waals surface area contributed by atoms with E-state index in [4.69, 9.17) is 6.57 Å². The number of carbonyl (C=O) groups is 3. The number of carbonyl (C=O) groups excluding carboxylic acids is 3. The van der Waals surface area contributed by atoms with Gasteiger partial charge >= 0.3 is 6.03 Å². The third kappa shape index (κ3) is 3.53. The number of imide groups is 1. The van der Waals surface area contributed by atoms with Gasteiger partial charge in [-0.25, -0.2) is 23.4 Å². The Kier molecular flexibility index (Phi) is 5.07. The van der Waals surface area contributed by atoms with Crippen LogP contribution in [0, 0.1) is 13.5 Å². The third-order valence-electron chi connectivity index (χ3n) is 6.15. The number of Topliss-reactive ketones (excluding diaryl/α,β-unsaturated/α-hetero) is 1. The molecule has 1 N–H and O–H groups in total. The monoisotopic (exact) mass is 441 g/mol. The molecular weight excluding hydrogens is 420 g/mol. The Morgan fingerprint density at radius 1 is 1.25 bits per heavy atom. The predicted octanol–water partition coefficient (Wildman–Crippen LogP) is 3.63. The van der Waals surface area contributed by atoms with Crippen molar-refractivity contribution in [2.75, 3.05) is 6.54 Å². The average Bonchev–Trinajstić information content (AvgIpc) is 3.18. The lowest BCUT2D eigenvalue weighted by atomic mass is 9.80. The summed E-state index contributed by atoms with van der Waals surface area (Å²) in [6.07, 6.45) is -1.32. The first kappa shape index (κ1) is 21.6. The normalized spacial score (nSPS) is 19.2. The van der Waals surface area contributed by atoms with Crippen molar-refractivity contribution < 1.29 is 23.2 Å². The predicted molar refractivity (Wildman–Crippen MR) is 110 cm³/mol. The number of nitrogens with one attached hydrogen (secondary N) is 1. The van der Waals surface area contributed by atoms with E-state index in [2.05, 4.69) is 15.1 Å². The van der Waals surface area contributed by atoms with E-state index in [9.17, 15) is 23.2 Å². The van der Waals surface area contributed by atoms with Crippen LogP contribution in [0.3, 0.4) is 0 Å². The topological polar surface area (TPSA) is 88.7 Å². The van der Waals surface area contributed by atoms with Crippen molar-refractivity contribution in [3.05, 3.63) is 47.2 Å². The summed E-state index contributed by atoms with van der Waals surface area (Å²) >= 11 is 0. The number of benzene rings is 1. The summed E-state index contributed by atoms with van der Waals surface area (Å²) in [6, 6.07) is 6.13. The van der Waals surface area contributed by atoms with Crippen LogP contribution in [0.15, 0.2) is 24.3 Å². The fraction of sp³-hybridized carbons (Fsp3) is 0.409. The Bertz CT molecular complexity index is 1170. The molecule has 166 valence electrons. The first-order chi connectivity index (χ1) is 15.1. The molecule has 2 aliphatic rings. The van der Waals surface area contributed by atoms with Gasteiger partial charge in [0.15, 0.2) is 11.5 Å². The first-order valence-electron chi connectivity index (χ1n) is 10.1. The zero-order valence-electron chi connectivity index (χ0n) is 17.6. The number of aromatic nitrogens is 2. The Morgan fingerprint density at radius 3 is 2.59 bits per heavy atom. The van der Waals surface area contributed by atoms with Gasteiger partial charge in [-0.05, 0) is 31.4 Å². The molecule has 0 atom stereocenters. The van der Waals surface area contributed by atoms with Gasteiger partial charge in [-0.15, -0.1) is 0 Å². The second-order valence-electron chi connectivity index (χ2n) is 8.27. The summed E-state index contributed by atoms with van der Waals surface area (Å²) in [7, 11) is 1.64. The number of nitrogens with zero attached hydrogens (tertiary/aromatic N) is 4. The molecule has 1 aliphatic carbocycles. The molecule has 1 aromatic carbocycles. The molecule has 1 aromatic heterocycles. The molecule has 1 saturated carbocycles. The number of urea groups is 1. The maximum absolute atomic E-state index is 13.5. The molecule has 4 rings (SSSR count). The van der Waals surface area contributed by atoms with Crippen LogP contribution >= 0.6 is 0 Å². The summed E-state index contributed by atoms with van der Waals surface area (Å²) < 4.78 is 28.7. The SMILES string of the molecule is [C-]#[N+]c1cccc(-c2c(C)nc(C(=O)CN3C(=O)NC4(CCC(F)(F)CC4)C3=O)n2C)c1. The number of ketones is 1. The van der Waals surface area contributed by atoms with Crippen molar-refractivity contribution >= 4 is 23.4 Å². The molecule has 0 bridgehead atoms. The number of amides is 3. The van der Waals surface area contributed by atoms with Crippen LogP contribution in [0.1, 0.15) is 42.0 Å². The third-order valence-corrected chi connectivity index (χ3v) is 6.15. The van der Waals surface area contributed by atoms with Crippen LogP contribution in [0.5, 0.6) is 0 Å². The van der Waals surface area contributed by atoms with E-state index in [1.807, 2.05) is 0 Å². The number of hydrogen-bond acceptors (Lipinski definition) is 4. The zero-order chi connectivity index (χ0) is 23.3. The standard InChI is InChI=1S/C22H21F2N5O3/c1-13-17(14-5-4-6-15(11-14)25-2)28(3)18(26-13)16(30)12-29-19(31)21(27-20(29)32)7-9-22(23,24)10-8-21/h4-6,11H,7-10,12H2,1,3H3,(H,27,32). The molecule has 1 saturated heterocycles.